The Morgan fingerprint density at radius 3 is 2.73 bits per heavy atom. The molecule has 0 aliphatic heterocycles. The van der Waals surface area contributed by atoms with Crippen molar-refractivity contribution in [2.24, 2.45) is 0 Å². The Balaban J connectivity index is 2.04. The van der Waals surface area contributed by atoms with E-state index in [0.29, 0.717) is 27.3 Å². The highest BCUT2D eigenvalue weighted by atomic mass is 35.5. The molecule has 3 rings (SSSR count). The minimum Gasteiger partial charge on any atom is -0.267 e. The summed E-state index contributed by atoms with van der Waals surface area (Å²) in [5.74, 6) is -0.0242. The molecule has 6 heteroatoms. The average molecular weight is 314 g/mol. The van der Waals surface area contributed by atoms with Crippen molar-refractivity contribution in [3.8, 4) is 0 Å². The largest absolute Gasteiger partial charge is 0.280 e. The van der Waals surface area contributed by atoms with E-state index in [1.54, 1.807) is 43.3 Å². The third-order valence-corrected chi connectivity index (χ3v) is 3.48. The first kappa shape index (κ1) is 14.3. The summed E-state index contributed by atoms with van der Waals surface area (Å²) in [5, 5.41) is 0.896. The molecule has 1 N–H and O–H groups in total. The minimum atomic E-state index is -0.426. The SMILES string of the molecule is Cc1nc2ccccc2c(=O)n1NC(=O)c1cccc(Cl)c1. The number of halogens is 1. The van der Waals surface area contributed by atoms with Crippen LogP contribution in [0.1, 0.15) is 16.2 Å². The maximum Gasteiger partial charge on any atom is 0.280 e. The van der Waals surface area contributed by atoms with Crippen molar-refractivity contribution in [3.05, 3.63) is 75.3 Å². The molecule has 0 aliphatic rings. The van der Waals surface area contributed by atoms with Gasteiger partial charge in [-0.05, 0) is 37.3 Å². The number of fused-ring (bicyclic) bond motifs is 1. The van der Waals surface area contributed by atoms with Crippen molar-refractivity contribution in [1.29, 1.82) is 0 Å². The van der Waals surface area contributed by atoms with E-state index < -0.39 is 5.91 Å². The summed E-state index contributed by atoms with van der Waals surface area (Å²) >= 11 is 5.87. The molecule has 0 radical (unpaired) electrons. The Kier molecular flexibility index (Phi) is 3.65. The maximum absolute atomic E-state index is 12.5. The first-order valence-electron chi connectivity index (χ1n) is 6.61. The lowest BCUT2D eigenvalue weighted by atomic mass is 10.2. The van der Waals surface area contributed by atoms with Crippen LogP contribution in [-0.2, 0) is 0 Å². The summed E-state index contributed by atoms with van der Waals surface area (Å²) in [4.78, 5) is 29.0. The number of rotatable bonds is 2. The predicted octanol–water partition coefficient (Wildman–Crippen LogP) is 2.74. The van der Waals surface area contributed by atoms with Crippen LogP contribution in [0, 0.1) is 6.92 Å². The minimum absolute atomic E-state index is 0.321. The highest BCUT2D eigenvalue weighted by molar-refractivity contribution is 6.31. The van der Waals surface area contributed by atoms with Gasteiger partial charge in [0.15, 0.2) is 0 Å². The molecule has 1 aromatic heterocycles. The highest BCUT2D eigenvalue weighted by Gasteiger charge is 2.12. The van der Waals surface area contributed by atoms with Gasteiger partial charge in [0.2, 0.25) is 0 Å². The first-order chi connectivity index (χ1) is 10.6. The van der Waals surface area contributed by atoms with E-state index in [2.05, 4.69) is 10.4 Å². The fourth-order valence-electron chi connectivity index (χ4n) is 2.17. The van der Waals surface area contributed by atoms with Crippen LogP contribution in [0.25, 0.3) is 10.9 Å². The van der Waals surface area contributed by atoms with Crippen LogP contribution < -0.4 is 11.0 Å². The van der Waals surface area contributed by atoms with E-state index in [1.807, 2.05) is 6.07 Å². The van der Waals surface area contributed by atoms with E-state index in [4.69, 9.17) is 11.6 Å². The van der Waals surface area contributed by atoms with Crippen LogP contribution in [0.15, 0.2) is 53.3 Å². The first-order valence-corrected chi connectivity index (χ1v) is 6.99. The molecule has 0 unspecified atom stereocenters. The summed E-state index contributed by atoms with van der Waals surface area (Å²) < 4.78 is 1.14. The molecule has 0 spiro atoms. The Morgan fingerprint density at radius 2 is 1.95 bits per heavy atom. The number of hydrogen-bond donors (Lipinski definition) is 1. The van der Waals surface area contributed by atoms with E-state index in [0.717, 1.165) is 4.68 Å². The monoisotopic (exact) mass is 313 g/mol. The molecule has 5 nitrogen and oxygen atoms in total. The highest BCUT2D eigenvalue weighted by Crippen LogP contribution is 2.11. The van der Waals surface area contributed by atoms with Crippen molar-refractivity contribution in [3.63, 3.8) is 0 Å². The topological polar surface area (TPSA) is 64.0 Å². The number of para-hydroxylation sites is 1. The van der Waals surface area contributed by atoms with Gasteiger partial charge in [-0.15, -0.1) is 0 Å². The number of carbonyl (C=O) groups excluding carboxylic acids is 1. The van der Waals surface area contributed by atoms with Crippen molar-refractivity contribution >= 4 is 28.4 Å². The molecule has 0 saturated carbocycles. The standard InChI is InChI=1S/C16H12ClN3O2/c1-10-18-14-8-3-2-7-13(14)16(22)20(10)19-15(21)11-5-4-6-12(17)9-11/h2-9H,1H3,(H,19,21). The summed E-state index contributed by atoms with van der Waals surface area (Å²) in [6.07, 6.45) is 0. The quantitative estimate of drug-likeness (QED) is 0.791. The summed E-state index contributed by atoms with van der Waals surface area (Å²) in [6.45, 7) is 1.66. The lowest BCUT2D eigenvalue weighted by Gasteiger charge is -2.12. The average Bonchev–Trinajstić information content (AvgIpc) is 2.51. The number of hydrogen-bond acceptors (Lipinski definition) is 3. The van der Waals surface area contributed by atoms with Gasteiger partial charge in [0, 0.05) is 10.6 Å². The van der Waals surface area contributed by atoms with Crippen LogP contribution in [0.5, 0.6) is 0 Å². The molecule has 2 aromatic carbocycles. The van der Waals surface area contributed by atoms with Crippen molar-refractivity contribution < 1.29 is 4.79 Å². The van der Waals surface area contributed by atoms with Gasteiger partial charge in [0.25, 0.3) is 11.5 Å². The lowest BCUT2D eigenvalue weighted by molar-refractivity contribution is 0.101. The molecular formula is C16H12ClN3O2. The van der Waals surface area contributed by atoms with Gasteiger partial charge in [0.05, 0.1) is 10.9 Å². The third-order valence-electron chi connectivity index (χ3n) is 3.24. The van der Waals surface area contributed by atoms with Gasteiger partial charge < -0.3 is 0 Å². The molecule has 0 bridgehead atoms. The van der Waals surface area contributed by atoms with Gasteiger partial charge in [-0.25, -0.2) is 9.66 Å². The summed E-state index contributed by atoms with van der Waals surface area (Å²) in [5.41, 5.74) is 3.20. The number of carbonyl (C=O) groups is 1. The molecule has 3 aromatic rings. The van der Waals surface area contributed by atoms with Gasteiger partial charge in [0.1, 0.15) is 5.82 Å². The van der Waals surface area contributed by atoms with Gasteiger partial charge in [-0.1, -0.05) is 29.8 Å². The Bertz CT molecular complexity index is 934. The zero-order chi connectivity index (χ0) is 15.7. The number of aryl methyl sites for hydroxylation is 1. The number of amides is 1. The number of benzene rings is 2. The van der Waals surface area contributed by atoms with E-state index in [-0.39, 0.29) is 5.56 Å². The smallest absolute Gasteiger partial charge is 0.267 e. The van der Waals surface area contributed by atoms with E-state index >= 15 is 0 Å². The van der Waals surface area contributed by atoms with Gasteiger partial charge in [-0.2, -0.15) is 0 Å². The molecule has 22 heavy (non-hydrogen) atoms. The van der Waals surface area contributed by atoms with Crippen LogP contribution in [0.3, 0.4) is 0 Å². The predicted molar refractivity (Wildman–Crippen MR) is 85.9 cm³/mol. The molecule has 1 amide bonds. The van der Waals surface area contributed by atoms with E-state index in [9.17, 15) is 9.59 Å². The zero-order valence-corrected chi connectivity index (χ0v) is 12.5. The fourth-order valence-corrected chi connectivity index (χ4v) is 2.36. The molecule has 0 fully saturated rings. The molecule has 110 valence electrons. The van der Waals surface area contributed by atoms with Crippen molar-refractivity contribution in [2.75, 3.05) is 5.43 Å². The second kappa shape index (κ2) is 5.61. The molecule has 0 aliphatic carbocycles. The second-order valence-electron chi connectivity index (χ2n) is 4.77. The van der Waals surface area contributed by atoms with Crippen LogP contribution in [0.2, 0.25) is 5.02 Å². The third kappa shape index (κ3) is 2.58. The zero-order valence-electron chi connectivity index (χ0n) is 11.7. The molecule has 0 atom stereocenters. The normalized spacial score (nSPS) is 10.6. The lowest BCUT2D eigenvalue weighted by Crippen LogP contribution is -2.35. The summed E-state index contributed by atoms with van der Waals surface area (Å²) in [6, 6.07) is 13.5. The number of nitrogens with one attached hydrogen (secondary N) is 1. The number of nitrogens with zero attached hydrogens (tertiary/aromatic N) is 2. The Hall–Kier alpha value is -2.66. The van der Waals surface area contributed by atoms with Crippen LogP contribution in [-0.4, -0.2) is 15.6 Å². The Labute approximate surface area is 131 Å². The van der Waals surface area contributed by atoms with Gasteiger partial charge in [-0.3, -0.25) is 15.0 Å². The Morgan fingerprint density at radius 1 is 1.18 bits per heavy atom. The van der Waals surface area contributed by atoms with Crippen molar-refractivity contribution in [1.82, 2.24) is 9.66 Å². The van der Waals surface area contributed by atoms with Crippen LogP contribution in [0.4, 0.5) is 0 Å². The van der Waals surface area contributed by atoms with Crippen molar-refractivity contribution in [2.45, 2.75) is 6.92 Å². The summed E-state index contributed by atoms with van der Waals surface area (Å²) in [7, 11) is 0. The molecule has 0 saturated heterocycles. The van der Waals surface area contributed by atoms with Crippen LogP contribution >= 0.6 is 11.6 Å². The molecular weight excluding hydrogens is 302 g/mol. The van der Waals surface area contributed by atoms with Gasteiger partial charge >= 0.3 is 0 Å². The second-order valence-corrected chi connectivity index (χ2v) is 5.20. The van der Waals surface area contributed by atoms with E-state index in [1.165, 1.54) is 6.07 Å². The molecule has 1 heterocycles. The number of aromatic nitrogens is 2. The fraction of sp³-hybridized carbons (Fsp3) is 0.0625. The maximum atomic E-state index is 12.5.